The van der Waals surface area contributed by atoms with Gasteiger partial charge < -0.3 is 20.2 Å². The monoisotopic (exact) mass is 266 g/mol. The summed E-state index contributed by atoms with van der Waals surface area (Å²) in [5.74, 6) is 0.0617. The van der Waals surface area contributed by atoms with Crippen LogP contribution in [0.25, 0.3) is 0 Å². The Labute approximate surface area is 111 Å². The summed E-state index contributed by atoms with van der Waals surface area (Å²) in [6.07, 6.45) is 2.49. The molecule has 1 saturated carbocycles. The maximum absolute atomic E-state index is 10.9. The van der Waals surface area contributed by atoms with Crippen LogP contribution in [0.3, 0.4) is 0 Å². The van der Waals surface area contributed by atoms with Crippen LogP contribution in [0.5, 0.6) is 5.75 Å². The maximum atomic E-state index is 10.9. The Bertz CT molecular complexity index is 452. The first-order valence-electron chi connectivity index (χ1n) is 6.26. The van der Waals surface area contributed by atoms with Gasteiger partial charge in [0.25, 0.3) is 0 Å². The fourth-order valence-electron chi connectivity index (χ4n) is 2.54. The molecule has 6 heteroatoms. The van der Waals surface area contributed by atoms with Gasteiger partial charge in [-0.3, -0.25) is 4.98 Å². The first-order valence-corrected chi connectivity index (χ1v) is 6.26. The second-order valence-electron chi connectivity index (χ2n) is 5.06. The summed E-state index contributed by atoms with van der Waals surface area (Å²) in [7, 11) is 1.55. The zero-order valence-electron chi connectivity index (χ0n) is 10.8. The molecule has 0 aliphatic heterocycles. The van der Waals surface area contributed by atoms with Gasteiger partial charge in [-0.2, -0.15) is 0 Å². The Morgan fingerprint density at radius 1 is 1.42 bits per heavy atom. The van der Waals surface area contributed by atoms with Crippen LogP contribution in [0.4, 0.5) is 4.79 Å². The van der Waals surface area contributed by atoms with E-state index in [1.807, 2.05) is 0 Å². The van der Waals surface area contributed by atoms with Gasteiger partial charge in [0, 0.05) is 13.1 Å². The van der Waals surface area contributed by atoms with E-state index in [-0.39, 0.29) is 11.8 Å². The molecule has 1 heterocycles. The van der Waals surface area contributed by atoms with Crippen LogP contribution in [0, 0.1) is 0 Å². The van der Waals surface area contributed by atoms with Crippen molar-refractivity contribution < 1.29 is 20.1 Å². The topological polar surface area (TPSA) is 93.9 Å². The van der Waals surface area contributed by atoms with Crippen molar-refractivity contribution in [2.45, 2.75) is 37.3 Å². The molecule has 0 saturated heterocycles. The molecule has 19 heavy (non-hydrogen) atoms. The average molecular weight is 266 g/mol. The van der Waals surface area contributed by atoms with Crippen LogP contribution < -0.4 is 0 Å². The second kappa shape index (κ2) is 5.05. The van der Waals surface area contributed by atoms with Gasteiger partial charge >= 0.3 is 6.09 Å². The average Bonchev–Trinajstić information content (AvgIpc) is 2.39. The molecule has 1 aromatic heterocycles. The summed E-state index contributed by atoms with van der Waals surface area (Å²) in [5, 5.41) is 28.7. The van der Waals surface area contributed by atoms with E-state index in [9.17, 15) is 15.0 Å². The lowest BCUT2D eigenvalue weighted by molar-refractivity contribution is -0.0234. The number of rotatable bonds is 2. The van der Waals surface area contributed by atoms with Crippen LogP contribution in [0.1, 0.15) is 31.4 Å². The van der Waals surface area contributed by atoms with Crippen LogP contribution in [-0.2, 0) is 5.60 Å². The fraction of sp³-hybridized carbons (Fsp3) is 0.538. The van der Waals surface area contributed by atoms with Gasteiger partial charge in [0.1, 0.15) is 11.4 Å². The minimum absolute atomic E-state index is 0.0603. The Hall–Kier alpha value is -1.82. The highest BCUT2D eigenvalue weighted by Gasteiger charge is 2.37. The van der Waals surface area contributed by atoms with E-state index >= 15 is 0 Å². The van der Waals surface area contributed by atoms with Gasteiger partial charge in [-0.15, -0.1) is 0 Å². The van der Waals surface area contributed by atoms with Crippen molar-refractivity contribution in [3.8, 4) is 5.75 Å². The number of aromatic nitrogens is 1. The van der Waals surface area contributed by atoms with E-state index < -0.39 is 11.7 Å². The van der Waals surface area contributed by atoms with E-state index in [0.717, 1.165) is 0 Å². The summed E-state index contributed by atoms with van der Waals surface area (Å²) >= 11 is 0. The number of aromatic hydroxyl groups is 1. The molecule has 0 spiro atoms. The Balaban J connectivity index is 2.05. The molecule has 0 atom stereocenters. The molecule has 0 aromatic carbocycles. The number of nitrogens with zero attached hydrogens (tertiary/aromatic N) is 2. The molecule has 104 valence electrons. The molecule has 1 aromatic rings. The third kappa shape index (κ3) is 2.78. The highest BCUT2D eigenvalue weighted by molar-refractivity contribution is 5.64. The maximum Gasteiger partial charge on any atom is 0.407 e. The standard InChI is InChI=1S/C13H18N2O4/c1-15(12(17)18)9-4-6-13(19,7-5-9)11-3-2-10(16)8-14-11/h2-3,8-9,16,19H,4-7H2,1H3,(H,17,18)/t9-,13-. The quantitative estimate of drug-likeness (QED) is 0.754. The molecule has 1 aliphatic carbocycles. The van der Waals surface area contributed by atoms with Crippen molar-refractivity contribution in [2.75, 3.05) is 7.05 Å². The van der Waals surface area contributed by atoms with E-state index in [0.29, 0.717) is 31.4 Å². The van der Waals surface area contributed by atoms with E-state index in [2.05, 4.69) is 4.98 Å². The third-order valence-electron chi connectivity index (χ3n) is 3.86. The summed E-state index contributed by atoms with van der Waals surface area (Å²) in [6, 6.07) is 3.04. The van der Waals surface area contributed by atoms with Gasteiger partial charge in [-0.05, 0) is 37.8 Å². The molecule has 3 N–H and O–H groups in total. The summed E-state index contributed by atoms with van der Waals surface area (Å²) in [5.41, 5.74) is -0.495. The Morgan fingerprint density at radius 3 is 2.53 bits per heavy atom. The van der Waals surface area contributed by atoms with Crippen molar-refractivity contribution >= 4 is 6.09 Å². The number of carbonyl (C=O) groups is 1. The minimum atomic E-state index is -1.02. The van der Waals surface area contributed by atoms with Gasteiger partial charge in [-0.1, -0.05) is 0 Å². The smallest absolute Gasteiger partial charge is 0.407 e. The largest absolute Gasteiger partial charge is 0.506 e. The summed E-state index contributed by atoms with van der Waals surface area (Å²) < 4.78 is 0. The van der Waals surface area contributed by atoms with Crippen molar-refractivity contribution in [3.63, 3.8) is 0 Å². The normalized spacial score (nSPS) is 26.9. The highest BCUT2D eigenvalue weighted by atomic mass is 16.4. The molecule has 0 unspecified atom stereocenters. The summed E-state index contributed by atoms with van der Waals surface area (Å²) in [6.45, 7) is 0. The predicted molar refractivity (Wildman–Crippen MR) is 67.8 cm³/mol. The van der Waals surface area contributed by atoms with Gasteiger partial charge in [0.05, 0.1) is 11.9 Å². The number of hydrogen-bond donors (Lipinski definition) is 3. The van der Waals surface area contributed by atoms with Crippen LogP contribution in [-0.4, -0.2) is 44.4 Å². The molecule has 1 fully saturated rings. The van der Waals surface area contributed by atoms with E-state index in [1.54, 1.807) is 13.1 Å². The lowest BCUT2D eigenvalue weighted by Gasteiger charge is -2.38. The molecular formula is C13H18N2O4. The van der Waals surface area contributed by atoms with Crippen LogP contribution in [0.15, 0.2) is 18.3 Å². The molecular weight excluding hydrogens is 248 g/mol. The number of aliphatic hydroxyl groups is 1. The number of hydrogen-bond acceptors (Lipinski definition) is 4. The van der Waals surface area contributed by atoms with Crippen LogP contribution >= 0.6 is 0 Å². The zero-order chi connectivity index (χ0) is 14.0. The molecule has 1 aliphatic rings. The van der Waals surface area contributed by atoms with Crippen molar-refractivity contribution in [3.05, 3.63) is 24.0 Å². The van der Waals surface area contributed by atoms with Gasteiger partial charge in [0.15, 0.2) is 0 Å². The first-order chi connectivity index (χ1) is 8.92. The number of carboxylic acid groups (broad SMARTS) is 1. The molecule has 6 nitrogen and oxygen atoms in total. The summed E-state index contributed by atoms with van der Waals surface area (Å²) in [4.78, 5) is 16.2. The first kappa shape index (κ1) is 13.6. The molecule has 0 radical (unpaired) electrons. The Kier molecular flexibility index (Phi) is 3.61. The zero-order valence-corrected chi connectivity index (χ0v) is 10.8. The Morgan fingerprint density at radius 2 is 2.05 bits per heavy atom. The SMILES string of the molecule is CN(C(=O)O)[C@H]1CC[C@@](O)(c2ccc(O)cn2)CC1. The lowest BCUT2D eigenvalue weighted by Crippen LogP contribution is -2.43. The lowest BCUT2D eigenvalue weighted by atomic mass is 9.79. The van der Waals surface area contributed by atoms with Crippen LogP contribution in [0.2, 0.25) is 0 Å². The minimum Gasteiger partial charge on any atom is -0.506 e. The van der Waals surface area contributed by atoms with Gasteiger partial charge in [-0.25, -0.2) is 4.79 Å². The van der Waals surface area contributed by atoms with Crippen molar-refractivity contribution in [2.24, 2.45) is 0 Å². The highest BCUT2D eigenvalue weighted by Crippen LogP contribution is 2.37. The molecule has 2 rings (SSSR count). The molecule has 0 bridgehead atoms. The fourth-order valence-corrected chi connectivity index (χ4v) is 2.54. The third-order valence-corrected chi connectivity index (χ3v) is 3.86. The van der Waals surface area contributed by atoms with Crippen molar-refractivity contribution in [1.29, 1.82) is 0 Å². The van der Waals surface area contributed by atoms with Crippen molar-refractivity contribution in [1.82, 2.24) is 9.88 Å². The predicted octanol–water partition coefficient (Wildman–Crippen LogP) is 1.53. The van der Waals surface area contributed by atoms with E-state index in [4.69, 9.17) is 5.11 Å². The number of pyridine rings is 1. The second-order valence-corrected chi connectivity index (χ2v) is 5.06. The number of amides is 1. The van der Waals surface area contributed by atoms with E-state index in [1.165, 1.54) is 17.2 Å². The van der Waals surface area contributed by atoms with Gasteiger partial charge in [0.2, 0.25) is 0 Å². The molecule has 1 amide bonds.